The third kappa shape index (κ3) is 3.48. The van der Waals surface area contributed by atoms with E-state index in [0.717, 1.165) is 41.8 Å². The van der Waals surface area contributed by atoms with E-state index in [0.29, 0.717) is 10.9 Å². The third-order valence-corrected chi connectivity index (χ3v) is 5.56. The minimum Gasteiger partial charge on any atom is -0.367 e. The summed E-state index contributed by atoms with van der Waals surface area (Å²) in [5.41, 5.74) is 0.518. The Kier molecular flexibility index (Phi) is 4.99. The Morgan fingerprint density at radius 3 is 2.55 bits per heavy atom. The molecule has 0 spiro atoms. The molecule has 1 N–H and O–H groups in total. The summed E-state index contributed by atoms with van der Waals surface area (Å²) in [6, 6.07) is 8.22. The minimum atomic E-state index is -0.432. The summed E-state index contributed by atoms with van der Waals surface area (Å²) in [6.45, 7) is 4.54. The number of nitrogens with one attached hydrogen (secondary N) is 1. The van der Waals surface area contributed by atoms with Gasteiger partial charge in [0.15, 0.2) is 0 Å². The molecule has 108 valence electrons. The van der Waals surface area contributed by atoms with Gasteiger partial charge in [0.2, 0.25) is 0 Å². The summed E-state index contributed by atoms with van der Waals surface area (Å²) in [6.07, 6.45) is 4.05. The van der Waals surface area contributed by atoms with Crippen molar-refractivity contribution in [3.63, 3.8) is 0 Å². The van der Waals surface area contributed by atoms with E-state index in [-0.39, 0.29) is 0 Å². The number of halogens is 2. The fourth-order valence-corrected chi connectivity index (χ4v) is 3.41. The van der Waals surface area contributed by atoms with Crippen LogP contribution in [0, 0.1) is 23.2 Å². The Bertz CT molecular complexity index is 514. The van der Waals surface area contributed by atoms with Gasteiger partial charge in [-0.15, -0.1) is 0 Å². The number of hydrogen-bond donors (Lipinski definition) is 1. The molecule has 1 aromatic carbocycles. The number of benzene rings is 1. The number of rotatable bonds is 3. The molecule has 1 aliphatic rings. The number of nitriles is 1. The maximum Gasteiger partial charge on any atom is 0.125 e. The van der Waals surface area contributed by atoms with Crippen LogP contribution in [0.5, 0.6) is 0 Å². The summed E-state index contributed by atoms with van der Waals surface area (Å²) < 4.78 is 0.855. The summed E-state index contributed by atoms with van der Waals surface area (Å²) in [7, 11) is 0. The van der Waals surface area contributed by atoms with Crippen LogP contribution < -0.4 is 5.32 Å². The van der Waals surface area contributed by atoms with Gasteiger partial charge in [-0.3, -0.25) is 0 Å². The largest absolute Gasteiger partial charge is 0.367 e. The van der Waals surface area contributed by atoms with Crippen molar-refractivity contribution in [1.82, 2.24) is 0 Å². The smallest absolute Gasteiger partial charge is 0.125 e. The number of hydrogen-bond acceptors (Lipinski definition) is 2. The van der Waals surface area contributed by atoms with Gasteiger partial charge in [0.25, 0.3) is 0 Å². The Labute approximate surface area is 134 Å². The zero-order valence-electron chi connectivity index (χ0n) is 11.9. The molecule has 0 atom stereocenters. The summed E-state index contributed by atoms with van der Waals surface area (Å²) in [4.78, 5) is 0. The highest BCUT2D eigenvalue weighted by Crippen LogP contribution is 2.38. The van der Waals surface area contributed by atoms with Crippen molar-refractivity contribution >= 4 is 33.2 Å². The second-order valence-corrected chi connectivity index (χ2v) is 7.29. The van der Waals surface area contributed by atoms with E-state index in [1.54, 1.807) is 0 Å². The lowest BCUT2D eigenvalue weighted by molar-refractivity contribution is 0.239. The summed E-state index contributed by atoms with van der Waals surface area (Å²) in [5.74, 6) is 1.45. The van der Waals surface area contributed by atoms with Crippen LogP contribution >= 0.6 is 27.5 Å². The quantitative estimate of drug-likeness (QED) is 0.763. The zero-order chi connectivity index (χ0) is 14.8. The van der Waals surface area contributed by atoms with Gasteiger partial charge in [0.05, 0.1) is 11.1 Å². The molecule has 1 saturated carbocycles. The first-order valence-electron chi connectivity index (χ1n) is 7.10. The van der Waals surface area contributed by atoms with E-state index < -0.39 is 5.54 Å². The molecule has 0 bridgehead atoms. The van der Waals surface area contributed by atoms with Crippen LogP contribution in [-0.4, -0.2) is 5.54 Å². The van der Waals surface area contributed by atoms with Crippen LogP contribution in [0.2, 0.25) is 5.02 Å². The first-order chi connectivity index (χ1) is 9.46. The highest BCUT2D eigenvalue weighted by atomic mass is 79.9. The molecule has 4 heteroatoms. The molecule has 0 aromatic heterocycles. The molecular formula is C16H20BrClN2. The number of nitrogens with zero attached hydrogens (tertiary/aromatic N) is 1. The molecule has 0 saturated heterocycles. The van der Waals surface area contributed by atoms with Crippen molar-refractivity contribution in [3.8, 4) is 6.07 Å². The zero-order valence-corrected chi connectivity index (χ0v) is 14.3. The maximum atomic E-state index is 9.60. The SMILES string of the molecule is CC(C)C1CCC(C#N)(Nc2ccc(Cl)c(Br)c2)CC1. The number of anilines is 1. The van der Waals surface area contributed by atoms with Crippen LogP contribution in [0.25, 0.3) is 0 Å². The van der Waals surface area contributed by atoms with Gasteiger partial charge in [0, 0.05) is 10.2 Å². The van der Waals surface area contributed by atoms with Crippen LogP contribution in [0.4, 0.5) is 5.69 Å². The Hall–Kier alpha value is -0.720. The maximum absolute atomic E-state index is 9.60. The lowest BCUT2D eigenvalue weighted by Crippen LogP contribution is -2.41. The summed E-state index contributed by atoms with van der Waals surface area (Å²) >= 11 is 9.43. The molecule has 20 heavy (non-hydrogen) atoms. The van der Waals surface area contributed by atoms with Crippen molar-refractivity contribution in [2.45, 2.75) is 45.1 Å². The third-order valence-electron chi connectivity index (χ3n) is 4.34. The lowest BCUT2D eigenvalue weighted by atomic mass is 9.73. The highest BCUT2D eigenvalue weighted by molar-refractivity contribution is 9.10. The second-order valence-electron chi connectivity index (χ2n) is 6.03. The molecule has 0 radical (unpaired) electrons. The minimum absolute atomic E-state index is 0.432. The lowest BCUT2D eigenvalue weighted by Gasteiger charge is -2.37. The van der Waals surface area contributed by atoms with E-state index in [1.165, 1.54) is 0 Å². The van der Waals surface area contributed by atoms with Gasteiger partial charge in [-0.2, -0.15) is 5.26 Å². The van der Waals surface area contributed by atoms with E-state index in [2.05, 4.69) is 41.2 Å². The van der Waals surface area contributed by atoms with Crippen molar-refractivity contribution in [3.05, 3.63) is 27.7 Å². The molecular weight excluding hydrogens is 336 g/mol. The molecule has 0 unspecified atom stereocenters. The fourth-order valence-electron chi connectivity index (χ4n) is 2.91. The average Bonchev–Trinajstić information content (AvgIpc) is 2.43. The Morgan fingerprint density at radius 1 is 1.40 bits per heavy atom. The molecule has 2 nitrogen and oxygen atoms in total. The van der Waals surface area contributed by atoms with Crippen LogP contribution in [0.15, 0.2) is 22.7 Å². The van der Waals surface area contributed by atoms with Crippen molar-refractivity contribution in [2.75, 3.05) is 5.32 Å². The van der Waals surface area contributed by atoms with Crippen LogP contribution in [-0.2, 0) is 0 Å². The first kappa shape index (κ1) is 15.7. The van der Waals surface area contributed by atoms with Crippen LogP contribution in [0.3, 0.4) is 0 Å². The van der Waals surface area contributed by atoms with Gasteiger partial charge in [-0.05, 0) is 71.6 Å². The van der Waals surface area contributed by atoms with Crippen molar-refractivity contribution < 1.29 is 0 Å². The van der Waals surface area contributed by atoms with E-state index in [1.807, 2.05) is 18.2 Å². The molecule has 1 aliphatic carbocycles. The molecule has 2 rings (SSSR count). The van der Waals surface area contributed by atoms with Gasteiger partial charge >= 0.3 is 0 Å². The van der Waals surface area contributed by atoms with Gasteiger partial charge in [-0.1, -0.05) is 25.4 Å². The van der Waals surface area contributed by atoms with E-state index in [9.17, 15) is 5.26 Å². The van der Waals surface area contributed by atoms with Crippen LogP contribution in [0.1, 0.15) is 39.5 Å². The van der Waals surface area contributed by atoms with Gasteiger partial charge < -0.3 is 5.32 Å². The monoisotopic (exact) mass is 354 g/mol. The second kappa shape index (κ2) is 6.37. The Morgan fingerprint density at radius 2 is 2.05 bits per heavy atom. The summed E-state index contributed by atoms with van der Waals surface area (Å²) in [5, 5.41) is 13.7. The van der Waals surface area contributed by atoms with Crippen molar-refractivity contribution in [1.29, 1.82) is 5.26 Å². The van der Waals surface area contributed by atoms with Crippen molar-refractivity contribution in [2.24, 2.45) is 11.8 Å². The first-order valence-corrected chi connectivity index (χ1v) is 8.27. The molecule has 0 amide bonds. The normalized spacial score (nSPS) is 26.3. The van der Waals surface area contributed by atoms with E-state index >= 15 is 0 Å². The average molecular weight is 356 g/mol. The topological polar surface area (TPSA) is 35.8 Å². The molecule has 1 aromatic rings. The predicted molar refractivity (Wildman–Crippen MR) is 87.9 cm³/mol. The molecule has 0 aliphatic heterocycles. The van der Waals surface area contributed by atoms with Gasteiger partial charge in [0.1, 0.15) is 5.54 Å². The standard InChI is InChI=1S/C16H20BrClN2/c1-11(2)12-5-7-16(10-19,8-6-12)20-13-3-4-15(18)14(17)9-13/h3-4,9,11-12,20H,5-8H2,1-2H3. The predicted octanol–water partition coefficient (Wildman–Crippen LogP) is 5.62. The highest BCUT2D eigenvalue weighted by Gasteiger charge is 2.36. The molecule has 0 heterocycles. The van der Waals surface area contributed by atoms with Gasteiger partial charge in [-0.25, -0.2) is 0 Å². The molecule has 1 fully saturated rings. The Balaban J connectivity index is 2.10. The van der Waals surface area contributed by atoms with E-state index in [4.69, 9.17) is 11.6 Å². The fraction of sp³-hybridized carbons (Fsp3) is 0.562.